The van der Waals surface area contributed by atoms with Crippen LogP contribution in [-0.2, 0) is 0 Å². The van der Waals surface area contributed by atoms with Gasteiger partial charge in [-0.25, -0.2) is 0 Å². The van der Waals surface area contributed by atoms with Gasteiger partial charge in [-0.15, -0.1) is 0 Å². The molecule has 0 bridgehead atoms. The lowest BCUT2D eigenvalue weighted by Crippen LogP contribution is -2.50. The van der Waals surface area contributed by atoms with Gasteiger partial charge >= 0.3 is 0 Å². The highest BCUT2D eigenvalue weighted by Gasteiger charge is 2.27. The first-order valence-corrected chi connectivity index (χ1v) is 9.24. The third kappa shape index (κ3) is 3.71. The fourth-order valence-corrected chi connectivity index (χ4v) is 3.56. The molecule has 26 heavy (non-hydrogen) atoms. The lowest BCUT2D eigenvalue weighted by molar-refractivity contribution is 0.0535. The van der Waals surface area contributed by atoms with Gasteiger partial charge in [0.2, 0.25) is 0 Å². The van der Waals surface area contributed by atoms with Gasteiger partial charge in [0.25, 0.3) is 11.8 Å². The van der Waals surface area contributed by atoms with E-state index in [1.807, 2.05) is 32.0 Å². The number of rotatable bonds is 2. The summed E-state index contributed by atoms with van der Waals surface area (Å²) in [6.07, 6.45) is 0. The van der Waals surface area contributed by atoms with Crippen LogP contribution >= 0.6 is 23.2 Å². The van der Waals surface area contributed by atoms with E-state index in [-0.39, 0.29) is 16.8 Å². The number of carbonyl (C=O) groups is 2. The Balaban J connectivity index is 1.68. The molecule has 6 heteroatoms. The maximum Gasteiger partial charge on any atom is 0.255 e. The minimum atomic E-state index is -0.156. The molecule has 0 spiro atoms. The molecule has 0 aliphatic carbocycles. The van der Waals surface area contributed by atoms with Crippen molar-refractivity contribution < 1.29 is 9.59 Å². The molecule has 1 fully saturated rings. The lowest BCUT2D eigenvalue weighted by Gasteiger charge is -2.35. The summed E-state index contributed by atoms with van der Waals surface area (Å²) >= 11 is 12.2. The van der Waals surface area contributed by atoms with Gasteiger partial charge in [0.15, 0.2) is 0 Å². The van der Waals surface area contributed by atoms with E-state index in [1.165, 1.54) is 0 Å². The smallest absolute Gasteiger partial charge is 0.255 e. The van der Waals surface area contributed by atoms with E-state index in [4.69, 9.17) is 23.2 Å². The van der Waals surface area contributed by atoms with Gasteiger partial charge in [0, 0.05) is 31.7 Å². The van der Waals surface area contributed by atoms with Crippen molar-refractivity contribution in [2.75, 3.05) is 26.2 Å². The fourth-order valence-electron chi connectivity index (χ4n) is 3.18. The molecule has 2 aromatic carbocycles. The average Bonchev–Trinajstić information content (AvgIpc) is 2.63. The molecule has 1 aliphatic rings. The van der Waals surface area contributed by atoms with Crippen molar-refractivity contribution in [3.05, 3.63) is 68.7 Å². The van der Waals surface area contributed by atoms with Gasteiger partial charge in [0.05, 0.1) is 15.6 Å². The van der Waals surface area contributed by atoms with Gasteiger partial charge in [-0.3, -0.25) is 9.59 Å². The van der Waals surface area contributed by atoms with E-state index in [0.717, 1.165) is 11.1 Å². The van der Waals surface area contributed by atoms with Crippen molar-refractivity contribution >= 4 is 35.0 Å². The van der Waals surface area contributed by atoms with Crippen LogP contribution in [0.1, 0.15) is 31.8 Å². The number of benzene rings is 2. The monoisotopic (exact) mass is 390 g/mol. The average molecular weight is 391 g/mol. The van der Waals surface area contributed by atoms with E-state index >= 15 is 0 Å². The standard InChI is InChI=1S/C20H20Cl2N2O2/c1-13-6-7-15(14(2)12-13)19(25)23-8-10-24(11-9-23)20(26)16-4-3-5-17(21)18(16)22/h3-7,12H,8-11H2,1-2H3. The van der Waals surface area contributed by atoms with Crippen LogP contribution in [0.4, 0.5) is 0 Å². The highest BCUT2D eigenvalue weighted by Crippen LogP contribution is 2.27. The summed E-state index contributed by atoms with van der Waals surface area (Å²) in [5.74, 6) is -0.147. The molecule has 0 atom stereocenters. The number of aryl methyl sites for hydroxylation is 2. The molecule has 1 saturated heterocycles. The van der Waals surface area contributed by atoms with Gasteiger partial charge in [-0.05, 0) is 37.6 Å². The first-order chi connectivity index (χ1) is 12.4. The van der Waals surface area contributed by atoms with E-state index in [9.17, 15) is 9.59 Å². The minimum Gasteiger partial charge on any atom is -0.335 e. The molecule has 0 unspecified atom stereocenters. The number of nitrogens with zero attached hydrogens (tertiary/aromatic N) is 2. The van der Waals surface area contributed by atoms with Gasteiger partial charge in [0.1, 0.15) is 0 Å². The predicted molar refractivity (Wildman–Crippen MR) is 104 cm³/mol. The molecule has 0 aromatic heterocycles. The molecule has 136 valence electrons. The predicted octanol–water partition coefficient (Wildman–Crippen LogP) is 4.21. The van der Waals surface area contributed by atoms with Crippen LogP contribution in [0, 0.1) is 13.8 Å². The zero-order chi connectivity index (χ0) is 18.8. The largest absolute Gasteiger partial charge is 0.335 e. The second-order valence-electron chi connectivity index (χ2n) is 6.50. The quantitative estimate of drug-likeness (QED) is 0.770. The Kier molecular flexibility index (Phi) is 5.54. The summed E-state index contributed by atoms with van der Waals surface area (Å²) in [6, 6.07) is 10.9. The van der Waals surface area contributed by atoms with Crippen molar-refractivity contribution in [2.45, 2.75) is 13.8 Å². The number of halogens is 2. The van der Waals surface area contributed by atoms with Gasteiger partial charge < -0.3 is 9.80 Å². The summed E-state index contributed by atoms with van der Waals surface area (Å²) in [4.78, 5) is 29.0. The molecule has 2 aromatic rings. The highest BCUT2D eigenvalue weighted by molar-refractivity contribution is 6.43. The van der Waals surface area contributed by atoms with Crippen LogP contribution in [-0.4, -0.2) is 47.8 Å². The molecule has 2 amide bonds. The molecule has 4 nitrogen and oxygen atoms in total. The maximum absolute atomic E-state index is 12.8. The van der Waals surface area contributed by atoms with E-state index in [1.54, 1.807) is 28.0 Å². The van der Waals surface area contributed by atoms with Crippen LogP contribution < -0.4 is 0 Å². The van der Waals surface area contributed by atoms with Gasteiger partial charge in [-0.2, -0.15) is 0 Å². The number of hydrogen-bond donors (Lipinski definition) is 0. The number of hydrogen-bond acceptors (Lipinski definition) is 2. The Morgan fingerprint density at radius 2 is 1.42 bits per heavy atom. The second-order valence-corrected chi connectivity index (χ2v) is 7.29. The molecule has 1 aliphatic heterocycles. The van der Waals surface area contributed by atoms with E-state index < -0.39 is 0 Å². The number of carbonyl (C=O) groups excluding carboxylic acids is 2. The molecule has 3 rings (SSSR count). The van der Waals surface area contributed by atoms with Crippen molar-refractivity contribution in [3.63, 3.8) is 0 Å². The molecule has 0 saturated carbocycles. The Labute approximate surface area is 163 Å². The Morgan fingerprint density at radius 3 is 2.00 bits per heavy atom. The Morgan fingerprint density at radius 1 is 0.846 bits per heavy atom. The lowest BCUT2D eigenvalue weighted by atomic mass is 10.0. The fraction of sp³-hybridized carbons (Fsp3) is 0.300. The summed E-state index contributed by atoms with van der Waals surface area (Å²) < 4.78 is 0. The van der Waals surface area contributed by atoms with Crippen molar-refractivity contribution in [2.24, 2.45) is 0 Å². The molecule has 0 radical (unpaired) electrons. The van der Waals surface area contributed by atoms with Crippen LogP contribution in [0.5, 0.6) is 0 Å². The number of amides is 2. The van der Waals surface area contributed by atoms with E-state index in [2.05, 4.69) is 0 Å². The van der Waals surface area contributed by atoms with Crippen molar-refractivity contribution in [3.8, 4) is 0 Å². The number of piperazine rings is 1. The van der Waals surface area contributed by atoms with Crippen molar-refractivity contribution in [1.82, 2.24) is 9.80 Å². The van der Waals surface area contributed by atoms with Crippen LogP contribution in [0.15, 0.2) is 36.4 Å². The Bertz CT molecular complexity index is 859. The molecule has 0 N–H and O–H groups in total. The van der Waals surface area contributed by atoms with Crippen LogP contribution in [0.2, 0.25) is 10.0 Å². The normalized spacial score (nSPS) is 14.5. The summed E-state index contributed by atoms with van der Waals surface area (Å²) in [5, 5.41) is 0.633. The third-order valence-electron chi connectivity index (χ3n) is 4.65. The zero-order valence-corrected chi connectivity index (χ0v) is 16.3. The topological polar surface area (TPSA) is 40.6 Å². The van der Waals surface area contributed by atoms with Crippen molar-refractivity contribution in [1.29, 1.82) is 0 Å². The van der Waals surface area contributed by atoms with Crippen LogP contribution in [0.3, 0.4) is 0 Å². The summed E-state index contributed by atoms with van der Waals surface area (Å²) in [7, 11) is 0. The third-order valence-corrected chi connectivity index (χ3v) is 5.47. The summed E-state index contributed by atoms with van der Waals surface area (Å²) in [6.45, 7) is 5.89. The molecular weight excluding hydrogens is 371 g/mol. The zero-order valence-electron chi connectivity index (χ0n) is 14.8. The maximum atomic E-state index is 12.8. The Hall–Kier alpha value is -2.04. The van der Waals surface area contributed by atoms with Gasteiger partial charge in [-0.1, -0.05) is 47.0 Å². The first kappa shape index (κ1) is 18.7. The SMILES string of the molecule is Cc1ccc(C(=O)N2CCN(C(=O)c3cccc(Cl)c3Cl)CC2)c(C)c1. The van der Waals surface area contributed by atoms with Crippen LogP contribution in [0.25, 0.3) is 0 Å². The molecular formula is C20H20Cl2N2O2. The van der Waals surface area contributed by atoms with E-state index in [0.29, 0.717) is 42.3 Å². The highest BCUT2D eigenvalue weighted by atomic mass is 35.5. The summed E-state index contributed by atoms with van der Waals surface area (Å²) in [5.41, 5.74) is 3.22. The molecule has 1 heterocycles. The second kappa shape index (κ2) is 7.68. The first-order valence-electron chi connectivity index (χ1n) is 8.48. The minimum absolute atomic E-state index is 0.00962.